The van der Waals surface area contributed by atoms with E-state index in [0.717, 1.165) is 25.7 Å². The SMILES string of the molecule is CCCCCCC(=O)NCC(C)C(=O)O. The van der Waals surface area contributed by atoms with Crippen molar-refractivity contribution in [3.63, 3.8) is 0 Å². The lowest BCUT2D eigenvalue weighted by Crippen LogP contribution is -2.31. The van der Waals surface area contributed by atoms with Crippen LogP contribution in [0.25, 0.3) is 0 Å². The van der Waals surface area contributed by atoms with E-state index in [4.69, 9.17) is 5.11 Å². The highest BCUT2D eigenvalue weighted by atomic mass is 16.4. The summed E-state index contributed by atoms with van der Waals surface area (Å²) in [4.78, 5) is 21.7. The molecule has 1 amide bonds. The lowest BCUT2D eigenvalue weighted by molar-refractivity contribution is -0.141. The number of carbonyl (C=O) groups excluding carboxylic acids is 1. The van der Waals surface area contributed by atoms with Gasteiger partial charge in [-0.15, -0.1) is 0 Å². The molecule has 0 saturated heterocycles. The summed E-state index contributed by atoms with van der Waals surface area (Å²) in [7, 11) is 0. The maximum absolute atomic E-state index is 11.2. The van der Waals surface area contributed by atoms with Gasteiger partial charge in [0, 0.05) is 13.0 Å². The predicted octanol–water partition coefficient (Wildman–Crippen LogP) is 1.79. The maximum Gasteiger partial charge on any atom is 0.308 e. The summed E-state index contributed by atoms with van der Waals surface area (Å²) in [6.45, 7) is 3.93. The Morgan fingerprint density at radius 3 is 2.47 bits per heavy atom. The zero-order valence-electron chi connectivity index (χ0n) is 9.58. The Labute approximate surface area is 91.1 Å². The van der Waals surface area contributed by atoms with Crippen LogP contribution in [-0.4, -0.2) is 23.5 Å². The molecule has 1 atom stereocenters. The molecule has 88 valence electrons. The van der Waals surface area contributed by atoms with Gasteiger partial charge in [0.05, 0.1) is 5.92 Å². The third kappa shape index (κ3) is 7.97. The zero-order valence-corrected chi connectivity index (χ0v) is 9.58. The fraction of sp³-hybridized carbons (Fsp3) is 0.818. The van der Waals surface area contributed by atoms with E-state index < -0.39 is 11.9 Å². The Hall–Kier alpha value is -1.06. The smallest absolute Gasteiger partial charge is 0.308 e. The van der Waals surface area contributed by atoms with Gasteiger partial charge in [-0.05, 0) is 6.42 Å². The summed E-state index contributed by atoms with van der Waals surface area (Å²) >= 11 is 0. The number of rotatable bonds is 8. The van der Waals surface area contributed by atoms with Gasteiger partial charge in [0.25, 0.3) is 0 Å². The van der Waals surface area contributed by atoms with E-state index in [-0.39, 0.29) is 12.5 Å². The van der Waals surface area contributed by atoms with Crippen molar-refractivity contribution in [1.29, 1.82) is 0 Å². The van der Waals surface area contributed by atoms with Gasteiger partial charge in [0.1, 0.15) is 0 Å². The van der Waals surface area contributed by atoms with Crippen LogP contribution < -0.4 is 5.32 Å². The number of hydrogen-bond acceptors (Lipinski definition) is 2. The molecular weight excluding hydrogens is 194 g/mol. The highest BCUT2D eigenvalue weighted by molar-refractivity contribution is 5.77. The Morgan fingerprint density at radius 2 is 1.93 bits per heavy atom. The molecule has 0 heterocycles. The Bertz CT molecular complexity index is 204. The average Bonchev–Trinajstić information content (AvgIpc) is 2.20. The first-order chi connectivity index (χ1) is 7.07. The lowest BCUT2D eigenvalue weighted by atomic mass is 10.1. The second kappa shape index (κ2) is 8.26. The second-order valence-corrected chi connectivity index (χ2v) is 3.85. The standard InChI is InChI=1S/C11H21NO3/c1-3-4-5-6-7-10(13)12-8-9(2)11(14)15/h9H,3-8H2,1-2H3,(H,12,13)(H,14,15). The molecule has 0 aliphatic carbocycles. The van der Waals surface area contributed by atoms with Gasteiger partial charge in [-0.25, -0.2) is 0 Å². The third-order valence-corrected chi connectivity index (χ3v) is 2.28. The van der Waals surface area contributed by atoms with Gasteiger partial charge in [-0.1, -0.05) is 33.1 Å². The lowest BCUT2D eigenvalue weighted by Gasteiger charge is -2.07. The average molecular weight is 215 g/mol. The van der Waals surface area contributed by atoms with E-state index in [2.05, 4.69) is 12.2 Å². The first kappa shape index (κ1) is 13.9. The molecule has 0 aliphatic rings. The number of carboxylic acids is 1. The van der Waals surface area contributed by atoms with Crippen molar-refractivity contribution in [3.8, 4) is 0 Å². The van der Waals surface area contributed by atoms with Gasteiger partial charge in [0.2, 0.25) is 5.91 Å². The first-order valence-electron chi connectivity index (χ1n) is 5.57. The van der Waals surface area contributed by atoms with Crippen molar-refractivity contribution >= 4 is 11.9 Å². The van der Waals surface area contributed by atoms with Crippen LogP contribution in [-0.2, 0) is 9.59 Å². The van der Waals surface area contributed by atoms with Crippen LogP contribution in [0.5, 0.6) is 0 Å². The molecule has 0 aromatic rings. The molecular formula is C11H21NO3. The van der Waals surface area contributed by atoms with Crippen LogP contribution in [0, 0.1) is 5.92 Å². The fourth-order valence-electron chi connectivity index (χ4n) is 1.15. The van der Waals surface area contributed by atoms with Crippen LogP contribution in [0.4, 0.5) is 0 Å². The van der Waals surface area contributed by atoms with E-state index in [1.807, 2.05) is 0 Å². The molecule has 15 heavy (non-hydrogen) atoms. The van der Waals surface area contributed by atoms with Crippen LogP contribution in [0.2, 0.25) is 0 Å². The minimum Gasteiger partial charge on any atom is -0.481 e. The van der Waals surface area contributed by atoms with Crippen LogP contribution in [0.1, 0.15) is 46.0 Å². The van der Waals surface area contributed by atoms with Crippen molar-refractivity contribution in [2.75, 3.05) is 6.54 Å². The van der Waals surface area contributed by atoms with Gasteiger partial charge < -0.3 is 10.4 Å². The molecule has 4 nitrogen and oxygen atoms in total. The number of unbranched alkanes of at least 4 members (excludes halogenated alkanes) is 3. The molecule has 0 rings (SSSR count). The maximum atomic E-state index is 11.2. The summed E-state index contributed by atoms with van der Waals surface area (Å²) in [6, 6.07) is 0. The zero-order chi connectivity index (χ0) is 11.7. The van der Waals surface area contributed by atoms with E-state index in [1.54, 1.807) is 6.92 Å². The highest BCUT2D eigenvalue weighted by Crippen LogP contribution is 2.02. The number of carboxylic acid groups (broad SMARTS) is 1. The van der Waals surface area contributed by atoms with Crippen LogP contribution in [0.15, 0.2) is 0 Å². The minimum atomic E-state index is -0.874. The highest BCUT2D eigenvalue weighted by Gasteiger charge is 2.11. The molecule has 0 aromatic carbocycles. The normalized spacial score (nSPS) is 12.1. The molecule has 0 aliphatic heterocycles. The van der Waals surface area contributed by atoms with Gasteiger partial charge in [-0.3, -0.25) is 9.59 Å². The number of aliphatic carboxylic acids is 1. The fourth-order valence-corrected chi connectivity index (χ4v) is 1.15. The van der Waals surface area contributed by atoms with Crippen LogP contribution in [0.3, 0.4) is 0 Å². The first-order valence-corrected chi connectivity index (χ1v) is 5.57. The molecule has 0 bridgehead atoms. The number of amides is 1. The topological polar surface area (TPSA) is 66.4 Å². The second-order valence-electron chi connectivity index (χ2n) is 3.85. The number of nitrogens with one attached hydrogen (secondary N) is 1. The summed E-state index contributed by atoms with van der Waals surface area (Å²) in [5.74, 6) is -1.43. The number of hydrogen-bond donors (Lipinski definition) is 2. The Kier molecular flexibility index (Phi) is 7.68. The van der Waals surface area contributed by atoms with Crippen molar-refractivity contribution in [3.05, 3.63) is 0 Å². The summed E-state index contributed by atoms with van der Waals surface area (Å²) in [5, 5.41) is 11.2. The van der Waals surface area contributed by atoms with E-state index >= 15 is 0 Å². The summed E-state index contributed by atoms with van der Waals surface area (Å²) < 4.78 is 0. The van der Waals surface area contributed by atoms with Crippen molar-refractivity contribution in [2.24, 2.45) is 5.92 Å². The summed E-state index contributed by atoms with van der Waals surface area (Å²) in [6.07, 6.45) is 4.77. The molecule has 0 radical (unpaired) electrons. The molecule has 0 aromatic heterocycles. The van der Waals surface area contributed by atoms with Crippen molar-refractivity contribution in [1.82, 2.24) is 5.32 Å². The van der Waals surface area contributed by atoms with E-state index in [1.165, 1.54) is 0 Å². The molecule has 4 heteroatoms. The van der Waals surface area contributed by atoms with Crippen molar-refractivity contribution < 1.29 is 14.7 Å². The van der Waals surface area contributed by atoms with Gasteiger partial charge in [-0.2, -0.15) is 0 Å². The molecule has 0 spiro atoms. The van der Waals surface area contributed by atoms with Gasteiger partial charge in [0.15, 0.2) is 0 Å². The van der Waals surface area contributed by atoms with E-state index in [0.29, 0.717) is 6.42 Å². The Balaban J connectivity index is 3.45. The largest absolute Gasteiger partial charge is 0.481 e. The van der Waals surface area contributed by atoms with Crippen LogP contribution >= 0.6 is 0 Å². The molecule has 0 fully saturated rings. The van der Waals surface area contributed by atoms with Gasteiger partial charge >= 0.3 is 5.97 Å². The predicted molar refractivity (Wildman–Crippen MR) is 58.6 cm³/mol. The monoisotopic (exact) mass is 215 g/mol. The van der Waals surface area contributed by atoms with Crippen molar-refractivity contribution in [2.45, 2.75) is 46.0 Å². The van der Waals surface area contributed by atoms with E-state index in [9.17, 15) is 9.59 Å². The molecule has 2 N–H and O–H groups in total. The third-order valence-electron chi connectivity index (χ3n) is 2.28. The molecule has 0 saturated carbocycles. The minimum absolute atomic E-state index is 0.0424. The quantitative estimate of drug-likeness (QED) is 0.607. The molecule has 1 unspecified atom stereocenters. The summed E-state index contributed by atoms with van der Waals surface area (Å²) in [5.41, 5.74) is 0. The number of carbonyl (C=O) groups is 2. The Morgan fingerprint density at radius 1 is 1.27 bits per heavy atom.